The average Bonchev–Trinajstić information content (AvgIpc) is 2.17. The predicted molar refractivity (Wildman–Crippen MR) is 67.0 cm³/mol. The number of hydrogen-bond acceptors (Lipinski definition) is 2. The Kier molecular flexibility index (Phi) is 7.71. The van der Waals surface area contributed by atoms with Crippen LogP contribution in [0.2, 0.25) is 0 Å². The molecule has 0 spiro atoms. The van der Waals surface area contributed by atoms with Gasteiger partial charge in [-0.2, -0.15) is 0 Å². The van der Waals surface area contributed by atoms with E-state index in [1.54, 1.807) is 0 Å². The Hall–Kier alpha value is -0.340. The van der Waals surface area contributed by atoms with Crippen molar-refractivity contribution in [3.63, 3.8) is 0 Å². The molecule has 15 heavy (non-hydrogen) atoms. The third kappa shape index (κ3) is 6.69. The number of ether oxygens (including phenoxy) is 1. The lowest BCUT2D eigenvalue weighted by Gasteiger charge is -2.31. The first-order chi connectivity index (χ1) is 7.04. The molecule has 0 aromatic heterocycles. The highest BCUT2D eigenvalue weighted by Crippen LogP contribution is 2.18. The molecule has 2 heteroatoms. The van der Waals surface area contributed by atoms with E-state index in [1.165, 1.54) is 19.3 Å². The SMILES string of the molecule is C=CCCCCCC(N)C(C)(C)OCC. The molecule has 90 valence electrons. The van der Waals surface area contributed by atoms with Crippen molar-refractivity contribution in [1.29, 1.82) is 0 Å². The summed E-state index contributed by atoms with van der Waals surface area (Å²) in [5, 5.41) is 0. The van der Waals surface area contributed by atoms with Gasteiger partial charge in [-0.1, -0.05) is 18.9 Å². The zero-order valence-corrected chi connectivity index (χ0v) is 10.6. The van der Waals surface area contributed by atoms with Crippen LogP contribution in [0.1, 0.15) is 52.9 Å². The van der Waals surface area contributed by atoms with E-state index >= 15 is 0 Å². The van der Waals surface area contributed by atoms with E-state index < -0.39 is 0 Å². The van der Waals surface area contributed by atoms with Gasteiger partial charge in [0.1, 0.15) is 0 Å². The fourth-order valence-electron chi connectivity index (χ4n) is 1.66. The van der Waals surface area contributed by atoms with Gasteiger partial charge in [0.15, 0.2) is 0 Å². The molecule has 0 saturated carbocycles. The van der Waals surface area contributed by atoms with E-state index in [-0.39, 0.29) is 11.6 Å². The molecule has 0 heterocycles. The van der Waals surface area contributed by atoms with Gasteiger partial charge in [0, 0.05) is 12.6 Å². The molecule has 0 aliphatic rings. The molecule has 2 N–H and O–H groups in total. The van der Waals surface area contributed by atoms with Crippen molar-refractivity contribution in [1.82, 2.24) is 0 Å². The Morgan fingerprint density at radius 1 is 1.33 bits per heavy atom. The second-order valence-corrected chi connectivity index (χ2v) is 4.57. The molecule has 1 atom stereocenters. The number of nitrogens with two attached hydrogens (primary N) is 1. The molecule has 0 radical (unpaired) electrons. The zero-order valence-electron chi connectivity index (χ0n) is 10.6. The minimum atomic E-state index is -0.187. The van der Waals surface area contributed by atoms with Crippen molar-refractivity contribution >= 4 is 0 Å². The van der Waals surface area contributed by atoms with Crippen LogP contribution in [0.5, 0.6) is 0 Å². The molecule has 0 aliphatic carbocycles. The lowest BCUT2D eigenvalue weighted by Crippen LogP contribution is -2.45. The maximum absolute atomic E-state index is 6.11. The third-order valence-corrected chi connectivity index (χ3v) is 2.83. The molecule has 0 aromatic rings. The first-order valence-corrected chi connectivity index (χ1v) is 6.05. The van der Waals surface area contributed by atoms with Crippen LogP contribution >= 0.6 is 0 Å². The number of unbranched alkanes of at least 4 members (excludes halogenated alkanes) is 3. The van der Waals surface area contributed by atoms with Gasteiger partial charge in [0.05, 0.1) is 5.60 Å². The van der Waals surface area contributed by atoms with E-state index in [1.807, 2.05) is 13.0 Å². The first kappa shape index (κ1) is 14.7. The summed E-state index contributed by atoms with van der Waals surface area (Å²) in [6, 6.07) is 0.140. The predicted octanol–water partition coefficient (Wildman–Crippen LogP) is 3.27. The second kappa shape index (κ2) is 7.89. The minimum Gasteiger partial charge on any atom is -0.374 e. The van der Waals surface area contributed by atoms with Gasteiger partial charge in [-0.05, 0) is 40.0 Å². The molecular formula is C13H27NO. The summed E-state index contributed by atoms with van der Waals surface area (Å²) in [5.41, 5.74) is 5.92. The first-order valence-electron chi connectivity index (χ1n) is 6.05. The van der Waals surface area contributed by atoms with Gasteiger partial charge >= 0.3 is 0 Å². The zero-order chi connectivity index (χ0) is 11.7. The molecule has 1 unspecified atom stereocenters. The van der Waals surface area contributed by atoms with Crippen LogP contribution in [0.3, 0.4) is 0 Å². The maximum Gasteiger partial charge on any atom is 0.0776 e. The van der Waals surface area contributed by atoms with Gasteiger partial charge in [0.2, 0.25) is 0 Å². The third-order valence-electron chi connectivity index (χ3n) is 2.83. The Labute approximate surface area is 94.9 Å². The van der Waals surface area contributed by atoms with Gasteiger partial charge in [-0.3, -0.25) is 0 Å². The normalized spacial score (nSPS) is 13.9. The van der Waals surface area contributed by atoms with E-state index in [4.69, 9.17) is 10.5 Å². The summed E-state index contributed by atoms with van der Waals surface area (Å²) in [5.74, 6) is 0. The highest BCUT2D eigenvalue weighted by Gasteiger charge is 2.25. The lowest BCUT2D eigenvalue weighted by atomic mass is 9.94. The molecule has 0 saturated heterocycles. The molecule has 0 rings (SSSR count). The van der Waals surface area contributed by atoms with Crippen LogP contribution < -0.4 is 5.73 Å². The number of rotatable bonds is 9. The van der Waals surface area contributed by atoms with E-state index in [9.17, 15) is 0 Å². The van der Waals surface area contributed by atoms with Crippen molar-refractivity contribution in [2.24, 2.45) is 5.73 Å². The van der Waals surface area contributed by atoms with Crippen molar-refractivity contribution in [3.05, 3.63) is 12.7 Å². The maximum atomic E-state index is 6.11. The van der Waals surface area contributed by atoms with Crippen molar-refractivity contribution in [3.8, 4) is 0 Å². The number of hydrogen-bond donors (Lipinski definition) is 1. The standard InChI is InChI=1S/C13H27NO/c1-5-7-8-9-10-11-12(14)13(3,4)15-6-2/h5,12H,1,6-11,14H2,2-4H3. The minimum absolute atomic E-state index is 0.140. The summed E-state index contributed by atoms with van der Waals surface area (Å²) >= 11 is 0. The average molecular weight is 213 g/mol. The van der Waals surface area contributed by atoms with Crippen molar-refractivity contribution < 1.29 is 4.74 Å². The molecule has 0 bridgehead atoms. The summed E-state index contributed by atoms with van der Waals surface area (Å²) < 4.78 is 5.63. The second-order valence-electron chi connectivity index (χ2n) is 4.57. The molecule has 0 aliphatic heterocycles. The fourth-order valence-corrected chi connectivity index (χ4v) is 1.66. The Morgan fingerprint density at radius 2 is 2.00 bits per heavy atom. The van der Waals surface area contributed by atoms with Crippen LogP contribution in [-0.4, -0.2) is 18.2 Å². The molecule has 0 amide bonds. The van der Waals surface area contributed by atoms with Crippen molar-refractivity contribution in [2.75, 3.05) is 6.61 Å². The summed E-state index contributed by atoms with van der Waals surface area (Å²) in [7, 11) is 0. The van der Waals surface area contributed by atoms with E-state index in [2.05, 4.69) is 20.4 Å². The Balaban J connectivity index is 3.62. The highest BCUT2D eigenvalue weighted by molar-refractivity contribution is 4.82. The van der Waals surface area contributed by atoms with Gasteiger partial charge in [-0.15, -0.1) is 6.58 Å². The van der Waals surface area contributed by atoms with E-state index in [0.717, 1.165) is 19.4 Å². The highest BCUT2D eigenvalue weighted by atomic mass is 16.5. The molecule has 0 aromatic carbocycles. The molecule has 0 fully saturated rings. The van der Waals surface area contributed by atoms with Crippen LogP contribution in [0.15, 0.2) is 12.7 Å². The quantitative estimate of drug-likeness (QED) is 0.471. The van der Waals surface area contributed by atoms with Crippen LogP contribution in [0, 0.1) is 0 Å². The van der Waals surface area contributed by atoms with Crippen molar-refractivity contribution in [2.45, 2.75) is 64.5 Å². The molecule has 2 nitrogen and oxygen atoms in total. The largest absolute Gasteiger partial charge is 0.374 e. The molecular weight excluding hydrogens is 186 g/mol. The van der Waals surface area contributed by atoms with Gasteiger partial charge in [0.25, 0.3) is 0 Å². The summed E-state index contributed by atoms with van der Waals surface area (Å²) in [6.07, 6.45) is 7.79. The topological polar surface area (TPSA) is 35.2 Å². The fraction of sp³-hybridized carbons (Fsp3) is 0.846. The Bertz CT molecular complexity index is 166. The summed E-state index contributed by atoms with van der Waals surface area (Å²) in [4.78, 5) is 0. The van der Waals surface area contributed by atoms with Gasteiger partial charge in [-0.25, -0.2) is 0 Å². The summed E-state index contributed by atoms with van der Waals surface area (Å²) in [6.45, 7) is 10.6. The lowest BCUT2D eigenvalue weighted by molar-refractivity contribution is -0.0311. The Morgan fingerprint density at radius 3 is 2.53 bits per heavy atom. The van der Waals surface area contributed by atoms with E-state index in [0.29, 0.717) is 0 Å². The smallest absolute Gasteiger partial charge is 0.0776 e. The van der Waals surface area contributed by atoms with Crippen LogP contribution in [0.25, 0.3) is 0 Å². The van der Waals surface area contributed by atoms with Gasteiger partial charge < -0.3 is 10.5 Å². The number of allylic oxidation sites excluding steroid dienone is 1. The monoisotopic (exact) mass is 213 g/mol. The van der Waals surface area contributed by atoms with Crippen LogP contribution in [0.4, 0.5) is 0 Å². The van der Waals surface area contributed by atoms with Crippen LogP contribution in [-0.2, 0) is 4.74 Å².